The van der Waals surface area contributed by atoms with Gasteiger partial charge in [-0.1, -0.05) is 0 Å². The van der Waals surface area contributed by atoms with Crippen molar-refractivity contribution in [3.63, 3.8) is 0 Å². The van der Waals surface area contributed by atoms with E-state index in [-0.39, 0.29) is 16.5 Å². The predicted octanol–water partition coefficient (Wildman–Crippen LogP) is 3.46. The molecule has 0 fully saturated rings. The highest BCUT2D eigenvalue weighted by Gasteiger charge is 2.34. The van der Waals surface area contributed by atoms with E-state index in [1.165, 1.54) is 13.0 Å². The van der Waals surface area contributed by atoms with Gasteiger partial charge in [0.2, 0.25) is 0 Å². The summed E-state index contributed by atoms with van der Waals surface area (Å²) >= 11 is 2.01. The summed E-state index contributed by atoms with van der Waals surface area (Å²) in [6.45, 7) is 1.18. The molecule has 90 valence electrons. The standard InChI is InChI=1S/C11H7F3INO/c1-5-9(17)7-4-6(15)2-3-8(7)16-10(5)11(12,13)14/h2-4H,1H3,(H,16,17). The molecule has 1 N–H and O–H groups in total. The van der Waals surface area contributed by atoms with E-state index in [9.17, 15) is 18.0 Å². The number of aromatic nitrogens is 1. The molecular weight excluding hydrogens is 346 g/mol. The lowest BCUT2D eigenvalue weighted by Gasteiger charge is -2.11. The number of H-pyrrole nitrogens is 1. The summed E-state index contributed by atoms with van der Waals surface area (Å²) in [7, 11) is 0. The summed E-state index contributed by atoms with van der Waals surface area (Å²) in [5, 5.41) is 0.280. The molecule has 0 aliphatic rings. The average molecular weight is 353 g/mol. The molecule has 0 unspecified atom stereocenters. The second-order valence-electron chi connectivity index (χ2n) is 3.64. The third-order valence-corrected chi connectivity index (χ3v) is 3.16. The second kappa shape index (κ2) is 4.01. The Morgan fingerprint density at radius 2 is 1.94 bits per heavy atom. The van der Waals surface area contributed by atoms with Crippen LogP contribution in [0.25, 0.3) is 10.9 Å². The van der Waals surface area contributed by atoms with Gasteiger partial charge < -0.3 is 4.98 Å². The Morgan fingerprint density at radius 3 is 2.53 bits per heavy atom. The van der Waals surface area contributed by atoms with Gasteiger partial charge in [0.15, 0.2) is 5.43 Å². The minimum absolute atomic E-state index is 0.202. The first kappa shape index (κ1) is 12.4. The maximum Gasteiger partial charge on any atom is 0.431 e. The molecule has 0 saturated heterocycles. The van der Waals surface area contributed by atoms with Crippen LogP contribution in [0.1, 0.15) is 11.3 Å². The van der Waals surface area contributed by atoms with Crippen LogP contribution in [0.3, 0.4) is 0 Å². The molecule has 2 aromatic rings. The highest BCUT2D eigenvalue weighted by Crippen LogP contribution is 2.30. The molecule has 2 nitrogen and oxygen atoms in total. The summed E-state index contributed by atoms with van der Waals surface area (Å²) in [4.78, 5) is 14.1. The normalized spacial score (nSPS) is 12.1. The fourth-order valence-electron chi connectivity index (χ4n) is 1.64. The molecule has 0 bridgehead atoms. The van der Waals surface area contributed by atoms with Crippen molar-refractivity contribution in [2.75, 3.05) is 0 Å². The molecule has 17 heavy (non-hydrogen) atoms. The van der Waals surface area contributed by atoms with Crippen LogP contribution in [0.2, 0.25) is 0 Å². The highest BCUT2D eigenvalue weighted by atomic mass is 127. The molecule has 2 rings (SSSR count). The molecule has 1 aromatic heterocycles. The summed E-state index contributed by atoms with van der Waals surface area (Å²) in [6.07, 6.45) is -4.54. The number of pyridine rings is 1. The fourth-order valence-corrected chi connectivity index (χ4v) is 2.13. The second-order valence-corrected chi connectivity index (χ2v) is 4.89. The molecule has 0 aliphatic carbocycles. The molecule has 0 radical (unpaired) electrons. The van der Waals surface area contributed by atoms with Gasteiger partial charge in [-0.05, 0) is 47.7 Å². The Balaban J connectivity index is 2.90. The van der Waals surface area contributed by atoms with Gasteiger partial charge in [-0.2, -0.15) is 13.2 Å². The summed E-state index contributed by atoms with van der Waals surface area (Å²) in [5.74, 6) is 0. The van der Waals surface area contributed by atoms with Crippen LogP contribution in [0.4, 0.5) is 13.2 Å². The van der Waals surface area contributed by atoms with Crippen molar-refractivity contribution in [1.29, 1.82) is 0 Å². The van der Waals surface area contributed by atoms with Gasteiger partial charge in [0, 0.05) is 20.0 Å². The molecular formula is C11H7F3INO. The number of benzene rings is 1. The molecule has 6 heteroatoms. The number of nitrogens with one attached hydrogen (secondary N) is 1. The first-order valence-electron chi connectivity index (χ1n) is 4.70. The highest BCUT2D eigenvalue weighted by molar-refractivity contribution is 14.1. The zero-order chi connectivity index (χ0) is 12.8. The van der Waals surface area contributed by atoms with E-state index >= 15 is 0 Å². The molecule has 0 aliphatic heterocycles. The Bertz CT molecular complexity index is 645. The minimum atomic E-state index is -4.54. The molecule has 1 heterocycles. The van der Waals surface area contributed by atoms with Gasteiger partial charge in [0.1, 0.15) is 5.69 Å². The topological polar surface area (TPSA) is 32.9 Å². The van der Waals surface area contributed by atoms with E-state index in [0.29, 0.717) is 0 Å². The Morgan fingerprint density at radius 1 is 1.29 bits per heavy atom. The number of aromatic amines is 1. The third kappa shape index (κ3) is 2.18. The van der Waals surface area contributed by atoms with Crippen molar-refractivity contribution < 1.29 is 13.2 Å². The maximum absolute atomic E-state index is 12.7. The monoisotopic (exact) mass is 353 g/mol. The maximum atomic E-state index is 12.7. The van der Waals surface area contributed by atoms with E-state index in [4.69, 9.17) is 0 Å². The SMILES string of the molecule is Cc1c(C(F)(F)F)[nH]c2ccc(I)cc2c1=O. The molecule has 0 atom stereocenters. The van der Waals surface area contributed by atoms with Gasteiger partial charge in [0.25, 0.3) is 0 Å². The van der Waals surface area contributed by atoms with Crippen LogP contribution in [-0.2, 0) is 6.18 Å². The zero-order valence-electron chi connectivity index (χ0n) is 8.65. The Labute approximate surface area is 108 Å². The van der Waals surface area contributed by atoms with Crippen molar-refractivity contribution in [2.24, 2.45) is 0 Å². The number of hydrogen-bond acceptors (Lipinski definition) is 1. The minimum Gasteiger partial charge on any atom is -0.351 e. The van der Waals surface area contributed by atoms with Crippen molar-refractivity contribution >= 4 is 33.5 Å². The van der Waals surface area contributed by atoms with Gasteiger partial charge in [-0.25, -0.2) is 0 Å². The lowest BCUT2D eigenvalue weighted by Crippen LogP contribution is -2.18. The van der Waals surface area contributed by atoms with Crippen LogP contribution in [-0.4, -0.2) is 4.98 Å². The molecule has 1 aromatic carbocycles. The van der Waals surface area contributed by atoms with Gasteiger partial charge >= 0.3 is 6.18 Å². The van der Waals surface area contributed by atoms with E-state index < -0.39 is 17.3 Å². The number of alkyl halides is 3. The number of rotatable bonds is 0. The lowest BCUT2D eigenvalue weighted by atomic mass is 10.1. The summed E-state index contributed by atoms with van der Waals surface area (Å²) in [6, 6.07) is 4.70. The van der Waals surface area contributed by atoms with Crippen molar-refractivity contribution in [1.82, 2.24) is 4.98 Å². The molecule has 0 spiro atoms. The van der Waals surface area contributed by atoms with Crippen LogP contribution in [0, 0.1) is 10.5 Å². The Kier molecular flexibility index (Phi) is 2.92. The molecule has 0 amide bonds. The van der Waals surface area contributed by atoms with Crippen molar-refractivity contribution in [3.05, 3.63) is 43.2 Å². The average Bonchev–Trinajstić information content (AvgIpc) is 2.22. The van der Waals surface area contributed by atoms with E-state index in [1.54, 1.807) is 12.1 Å². The van der Waals surface area contributed by atoms with E-state index in [2.05, 4.69) is 4.98 Å². The van der Waals surface area contributed by atoms with Gasteiger partial charge in [0.05, 0.1) is 0 Å². The summed E-state index contributed by atoms with van der Waals surface area (Å²) in [5.41, 5.74) is -1.65. The van der Waals surface area contributed by atoms with Crippen LogP contribution < -0.4 is 5.43 Å². The van der Waals surface area contributed by atoms with Crippen LogP contribution in [0.5, 0.6) is 0 Å². The third-order valence-electron chi connectivity index (χ3n) is 2.48. The van der Waals surface area contributed by atoms with E-state index in [0.717, 1.165) is 3.57 Å². The first-order chi connectivity index (χ1) is 7.80. The van der Waals surface area contributed by atoms with E-state index in [1.807, 2.05) is 22.6 Å². The van der Waals surface area contributed by atoms with Crippen molar-refractivity contribution in [2.45, 2.75) is 13.1 Å². The number of fused-ring (bicyclic) bond motifs is 1. The number of hydrogen-bond donors (Lipinski definition) is 1. The molecule has 0 saturated carbocycles. The first-order valence-corrected chi connectivity index (χ1v) is 5.78. The van der Waals surface area contributed by atoms with Crippen LogP contribution in [0.15, 0.2) is 23.0 Å². The number of halogens is 4. The zero-order valence-corrected chi connectivity index (χ0v) is 10.8. The lowest BCUT2D eigenvalue weighted by molar-refractivity contribution is -0.141. The van der Waals surface area contributed by atoms with Crippen molar-refractivity contribution in [3.8, 4) is 0 Å². The smallest absolute Gasteiger partial charge is 0.351 e. The van der Waals surface area contributed by atoms with Gasteiger partial charge in [-0.3, -0.25) is 4.79 Å². The van der Waals surface area contributed by atoms with Crippen LogP contribution >= 0.6 is 22.6 Å². The van der Waals surface area contributed by atoms with Gasteiger partial charge in [-0.15, -0.1) is 0 Å². The Hall–Kier alpha value is -1.05. The fraction of sp³-hybridized carbons (Fsp3) is 0.182. The largest absolute Gasteiger partial charge is 0.431 e. The predicted molar refractivity (Wildman–Crippen MR) is 67.0 cm³/mol. The summed E-state index contributed by atoms with van der Waals surface area (Å²) < 4.78 is 38.8. The quantitative estimate of drug-likeness (QED) is 0.723.